The fraction of sp³-hybridized carbons (Fsp3) is 1.00. The summed E-state index contributed by atoms with van der Waals surface area (Å²) in [6.45, 7) is 5.62. The summed E-state index contributed by atoms with van der Waals surface area (Å²) in [5.74, 6) is 0. The molecule has 1 aliphatic carbocycles. The predicted molar refractivity (Wildman–Crippen MR) is 74.6 cm³/mol. The highest BCUT2D eigenvalue weighted by molar-refractivity contribution is 4.86. The van der Waals surface area contributed by atoms with Crippen LogP contribution in [0.1, 0.15) is 38.5 Å². The van der Waals surface area contributed by atoms with Gasteiger partial charge in [-0.2, -0.15) is 0 Å². The third kappa shape index (κ3) is 3.92. The Hall–Kier alpha value is -0.160. The molecule has 0 aromatic rings. The second-order valence-corrected chi connectivity index (χ2v) is 5.82. The van der Waals surface area contributed by atoms with Crippen molar-refractivity contribution in [1.82, 2.24) is 9.80 Å². The molecule has 4 heteroatoms. The average Bonchev–Trinajstić information content (AvgIpc) is 2.70. The highest BCUT2D eigenvalue weighted by Crippen LogP contribution is 2.22. The van der Waals surface area contributed by atoms with E-state index in [1.807, 2.05) is 0 Å². The number of aliphatic hydroxyl groups excluding tert-OH is 1. The van der Waals surface area contributed by atoms with E-state index in [1.54, 1.807) is 0 Å². The molecule has 18 heavy (non-hydrogen) atoms. The van der Waals surface area contributed by atoms with Gasteiger partial charge in [0.2, 0.25) is 0 Å². The molecule has 106 valence electrons. The van der Waals surface area contributed by atoms with Gasteiger partial charge in [0.05, 0.1) is 6.61 Å². The smallest absolute Gasteiger partial charge is 0.0558 e. The van der Waals surface area contributed by atoms with Crippen molar-refractivity contribution in [3.05, 3.63) is 0 Å². The predicted octanol–water partition coefficient (Wildman–Crippen LogP) is 0.646. The molecule has 2 fully saturated rings. The van der Waals surface area contributed by atoms with Gasteiger partial charge in [0, 0.05) is 31.7 Å². The van der Waals surface area contributed by atoms with Crippen LogP contribution in [-0.2, 0) is 0 Å². The SMILES string of the molecule is NC1CCCCCC1N1CCCN(CCO)CC1. The van der Waals surface area contributed by atoms with Crippen LogP contribution in [0.3, 0.4) is 0 Å². The maximum atomic E-state index is 9.03. The largest absolute Gasteiger partial charge is 0.395 e. The summed E-state index contributed by atoms with van der Waals surface area (Å²) in [6, 6.07) is 0.971. The van der Waals surface area contributed by atoms with Gasteiger partial charge in [-0.3, -0.25) is 9.80 Å². The molecule has 2 atom stereocenters. The van der Waals surface area contributed by atoms with Crippen molar-refractivity contribution in [2.45, 2.75) is 50.6 Å². The number of nitrogens with zero attached hydrogens (tertiary/aromatic N) is 2. The summed E-state index contributed by atoms with van der Waals surface area (Å²) in [5, 5.41) is 9.03. The Morgan fingerprint density at radius 1 is 0.944 bits per heavy atom. The number of aliphatic hydroxyl groups is 1. The summed E-state index contributed by atoms with van der Waals surface area (Å²) in [4.78, 5) is 5.00. The maximum Gasteiger partial charge on any atom is 0.0558 e. The summed E-state index contributed by atoms with van der Waals surface area (Å²) >= 11 is 0. The van der Waals surface area contributed by atoms with Crippen molar-refractivity contribution in [2.75, 3.05) is 39.3 Å². The Morgan fingerprint density at radius 3 is 2.61 bits per heavy atom. The van der Waals surface area contributed by atoms with Gasteiger partial charge in [-0.15, -0.1) is 0 Å². The van der Waals surface area contributed by atoms with Crippen molar-refractivity contribution in [2.24, 2.45) is 5.73 Å². The first kappa shape index (κ1) is 14.3. The van der Waals surface area contributed by atoms with Gasteiger partial charge in [0.1, 0.15) is 0 Å². The zero-order chi connectivity index (χ0) is 12.8. The lowest BCUT2D eigenvalue weighted by atomic mass is 10.0. The van der Waals surface area contributed by atoms with Crippen molar-refractivity contribution in [3.63, 3.8) is 0 Å². The van der Waals surface area contributed by atoms with Crippen LogP contribution in [0.15, 0.2) is 0 Å². The maximum absolute atomic E-state index is 9.03. The van der Waals surface area contributed by atoms with Crippen molar-refractivity contribution in [3.8, 4) is 0 Å². The second kappa shape index (κ2) is 7.43. The van der Waals surface area contributed by atoms with Gasteiger partial charge in [0.25, 0.3) is 0 Å². The standard InChI is InChI=1S/C14H29N3O/c15-13-5-2-1-3-6-14(13)17-8-4-7-16(9-10-17)11-12-18/h13-14,18H,1-12,15H2. The van der Waals surface area contributed by atoms with Gasteiger partial charge >= 0.3 is 0 Å². The lowest BCUT2D eigenvalue weighted by Gasteiger charge is -2.33. The van der Waals surface area contributed by atoms with Crippen LogP contribution in [-0.4, -0.2) is 66.3 Å². The van der Waals surface area contributed by atoms with E-state index < -0.39 is 0 Å². The Morgan fingerprint density at radius 2 is 1.78 bits per heavy atom. The molecular formula is C14H29N3O. The molecule has 2 unspecified atom stereocenters. The fourth-order valence-electron chi connectivity index (χ4n) is 3.46. The van der Waals surface area contributed by atoms with Crippen molar-refractivity contribution >= 4 is 0 Å². The molecule has 0 aromatic heterocycles. The van der Waals surface area contributed by atoms with E-state index in [4.69, 9.17) is 10.8 Å². The van der Waals surface area contributed by atoms with Crippen LogP contribution >= 0.6 is 0 Å². The Bertz CT molecular complexity index is 237. The molecule has 0 aromatic carbocycles. The number of hydrogen-bond donors (Lipinski definition) is 2. The first-order valence-corrected chi connectivity index (χ1v) is 7.64. The normalized spacial score (nSPS) is 33.0. The first-order valence-electron chi connectivity index (χ1n) is 7.64. The average molecular weight is 255 g/mol. The monoisotopic (exact) mass is 255 g/mol. The molecule has 1 heterocycles. The van der Waals surface area contributed by atoms with E-state index in [1.165, 1.54) is 45.1 Å². The Kier molecular flexibility index (Phi) is 5.89. The van der Waals surface area contributed by atoms with Gasteiger partial charge < -0.3 is 10.8 Å². The molecule has 2 aliphatic rings. The topological polar surface area (TPSA) is 52.7 Å². The molecule has 0 spiro atoms. The van der Waals surface area contributed by atoms with Crippen molar-refractivity contribution in [1.29, 1.82) is 0 Å². The molecule has 1 saturated carbocycles. The minimum Gasteiger partial charge on any atom is -0.395 e. The highest BCUT2D eigenvalue weighted by atomic mass is 16.3. The molecule has 3 N–H and O–H groups in total. The number of rotatable bonds is 3. The lowest BCUT2D eigenvalue weighted by molar-refractivity contribution is 0.159. The van der Waals surface area contributed by atoms with E-state index in [-0.39, 0.29) is 6.61 Å². The summed E-state index contributed by atoms with van der Waals surface area (Å²) in [5.41, 5.74) is 6.36. The van der Waals surface area contributed by atoms with Gasteiger partial charge in [-0.25, -0.2) is 0 Å². The summed E-state index contributed by atoms with van der Waals surface area (Å²) in [6.07, 6.45) is 7.69. The quantitative estimate of drug-likeness (QED) is 0.727. The van der Waals surface area contributed by atoms with E-state index >= 15 is 0 Å². The molecule has 0 radical (unpaired) electrons. The zero-order valence-electron chi connectivity index (χ0n) is 11.6. The number of β-amino-alcohol motifs (C(OH)–C–C–N with tert-alkyl or cyclic N) is 1. The molecule has 2 rings (SSSR count). The van der Waals surface area contributed by atoms with Gasteiger partial charge in [0.15, 0.2) is 0 Å². The highest BCUT2D eigenvalue weighted by Gasteiger charge is 2.27. The zero-order valence-corrected chi connectivity index (χ0v) is 11.6. The molecule has 1 aliphatic heterocycles. The van der Waals surface area contributed by atoms with Crippen LogP contribution in [0.25, 0.3) is 0 Å². The third-order valence-corrected chi connectivity index (χ3v) is 4.54. The van der Waals surface area contributed by atoms with Crippen LogP contribution in [0, 0.1) is 0 Å². The third-order valence-electron chi connectivity index (χ3n) is 4.54. The number of hydrogen-bond acceptors (Lipinski definition) is 4. The van der Waals surface area contributed by atoms with Crippen molar-refractivity contribution < 1.29 is 5.11 Å². The van der Waals surface area contributed by atoms with Crippen LogP contribution in [0.5, 0.6) is 0 Å². The molecule has 1 saturated heterocycles. The van der Waals surface area contributed by atoms with Gasteiger partial charge in [-0.1, -0.05) is 19.3 Å². The minimum absolute atomic E-state index is 0.281. The Balaban J connectivity index is 1.87. The van der Waals surface area contributed by atoms with Crippen LogP contribution in [0.4, 0.5) is 0 Å². The molecular weight excluding hydrogens is 226 g/mol. The molecule has 4 nitrogen and oxygen atoms in total. The molecule has 0 amide bonds. The van der Waals surface area contributed by atoms with E-state index in [0.717, 1.165) is 26.2 Å². The van der Waals surface area contributed by atoms with E-state index in [9.17, 15) is 0 Å². The lowest BCUT2D eigenvalue weighted by Crippen LogP contribution is -2.48. The second-order valence-electron chi connectivity index (χ2n) is 5.82. The molecule has 0 bridgehead atoms. The summed E-state index contributed by atoms with van der Waals surface area (Å²) < 4.78 is 0. The van der Waals surface area contributed by atoms with E-state index in [0.29, 0.717) is 12.1 Å². The minimum atomic E-state index is 0.281. The first-order chi connectivity index (χ1) is 8.81. The van der Waals surface area contributed by atoms with Gasteiger partial charge in [-0.05, 0) is 32.4 Å². The van der Waals surface area contributed by atoms with E-state index in [2.05, 4.69) is 9.80 Å². The summed E-state index contributed by atoms with van der Waals surface area (Å²) in [7, 11) is 0. The number of nitrogens with two attached hydrogens (primary N) is 1. The van der Waals surface area contributed by atoms with Crippen LogP contribution < -0.4 is 5.73 Å². The Labute approximate surface area is 111 Å². The van der Waals surface area contributed by atoms with Crippen LogP contribution in [0.2, 0.25) is 0 Å². The fourth-order valence-corrected chi connectivity index (χ4v) is 3.46.